The highest BCUT2D eigenvalue weighted by molar-refractivity contribution is 9.10. The topological polar surface area (TPSA) is 26.3 Å². The fourth-order valence-electron chi connectivity index (χ4n) is 1.36. The van der Waals surface area contributed by atoms with Gasteiger partial charge < -0.3 is 4.74 Å². The first-order valence-corrected chi connectivity index (χ1v) is 7.03. The van der Waals surface area contributed by atoms with E-state index in [2.05, 4.69) is 15.9 Å². The first-order chi connectivity index (χ1) is 8.99. The molecule has 0 aliphatic rings. The highest BCUT2D eigenvalue weighted by atomic mass is 79.9. The Hall–Kier alpha value is -0.740. The molecule has 2 nitrogen and oxygen atoms in total. The highest BCUT2D eigenvalue weighted by Gasteiger charge is 2.15. The van der Waals surface area contributed by atoms with Crippen molar-refractivity contribution in [3.05, 3.63) is 61.5 Å². The first kappa shape index (κ1) is 14.7. The van der Waals surface area contributed by atoms with Crippen LogP contribution in [0.25, 0.3) is 0 Å². The molecule has 2 aromatic rings. The molecule has 19 heavy (non-hydrogen) atoms. The minimum absolute atomic E-state index is 0.164. The number of halogens is 4. The Bertz CT molecular complexity index is 644. The van der Waals surface area contributed by atoms with Crippen LogP contribution in [-0.2, 0) is 0 Å². The molecule has 0 aliphatic heterocycles. The predicted molar refractivity (Wildman–Crippen MR) is 80.6 cm³/mol. The van der Waals surface area contributed by atoms with Crippen molar-refractivity contribution in [1.29, 1.82) is 0 Å². The predicted octanol–water partition coefficient (Wildman–Crippen LogP) is 5.63. The summed E-state index contributed by atoms with van der Waals surface area (Å²) in [4.78, 5) is 12.0. The van der Waals surface area contributed by atoms with Crippen molar-refractivity contribution in [2.24, 2.45) is 0 Å². The van der Waals surface area contributed by atoms with E-state index in [1.54, 1.807) is 24.3 Å². The Balaban J connectivity index is 2.30. The molecule has 0 heterocycles. The van der Waals surface area contributed by atoms with Crippen molar-refractivity contribution in [2.75, 3.05) is 0 Å². The second kappa shape index (κ2) is 6.14. The van der Waals surface area contributed by atoms with Crippen molar-refractivity contribution in [3.63, 3.8) is 0 Å². The molecule has 0 aliphatic carbocycles. The van der Waals surface area contributed by atoms with Gasteiger partial charge in [-0.15, -0.1) is 0 Å². The van der Waals surface area contributed by atoms with E-state index in [4.69, 9.17) is 39.5 Å². The van der Waals surface area contributed by atoms with Crippen LogP contribution >= 0.6 is 50.7 Å². The molecule has 0 radical (unpaired) electrons. The fourth-order valence-corrected chi connectivity index (χ4v) is 2.39. The van der Waals surface area contributed by atoms with Crippen molar-refractivity contribution in [3.8, 4) is 5.75 Å². The summed E-state index contributed by atoms with van der Waals surface area (Å²) in [6.07, 6.45) is 0. The molecule has 0 aromatic heterocycles. The summed E-state index contributed by atoms with van der Waals surface area (Å²) >= 11 is 20.9. The summed E-state index contributed by atoms with van der Waals surface area (Å²) in [6, 6.07) is 9.74. The summed E-state index contributed by atoms with van der Waals surface area (Å²) in [5, 5.41) is 0.781. The third-order valence-electron chi connectivity index (χ3n) is 2.27. The standard InChI is InChI=1S/C13H6BrCl3O2/c14-8-4-2-1-3-7(8)13(18)19-12-6-10(16)9(15)5-11(12)17/h1-6H. The quantitative estimate of drug-likeness (QED) is 0.383. The van der Waals surface area contributed by atoms with Crippen LogP contribution in [-0.4, -0.2) is 5.97 Å². The zero-order chi connectivity index (χ0) is 14.0. The summed E-state index contributed by atoms with van der Waals surface area (Å²) < 4.78 is 5.84. The molecule has 2 rings (SSSR count). The second-order valence-corrected chi connectivity index (χ2v) is 5.64. The maximum atomic E-state index is 12.0. The second-order valence-electron chi connectivity index (χ2n) is 3.57. The minimum Gasteiger partial charge on any atom is -0.421 e. The van der Waals surface area contributed by atoms with Gasteiger partial charge in [-0.2, -0.15) is 0 Å². The lowest BCUT2D eigenvalue weighted by molar-refractivity contribution is 0.0734. The van der Waals surface area contributed by atoms with Crippen LogP contribution in [0.15, 0.2) is 40.9 Å². The van der Waals surface area contributed by atoms with Crippen molar-refractivity contribution < 1.29 is 9.53 Å². The van der Waals surface area contributed by atoms with Crippen molar-refractivity contribution in [2.45, 2.75) is 0 Å². The Morgan fingerprint density at radius 1 is 1.00 bits per heavy atom. The maximum Gasteiger partial charge on any atom is 0.344 e. The van der Waals surface area contributed by atoms with Crippen LogP contribution in [0.2, 0.25) is 15.1 Å². The number of esters is 1. The van der Waals surface area contributed by atoms with Crippen molar-refractivity contribution >= 4 is 56.7 Å². The van der Waals surface area contributed by atoms with Gasteiger partial charge >= 0.3 is 5.97 Å². The summed E-state index contributed by atoms with van der Waals surface area (Å²) in [6.45, 7) is 0. The van der Waals surface area contributed by atoms with E-state index in [1.807, 2.05) is 0 Å². The van der Waals surface area contributed by atoms with Crippen LogP contribution in [0.1, 0.15) is 10.4 Å². The molecule has 0 unspecified atom stereocenters. The van der Waals surface area contributed by atoms with Crippen molar-refractivity contribution in [1.82, 2.24) is 0 Å². The number of hydrogen-bond donors (Lipinski definition) is 0. The lowest BCUT2D eigenvalue weighted by Gasteiger charge is -2.08. The van der Waals surface area contributed by atoms with Crippen LogP contribution in [0, 0.1) is 0 Å². The Labute approximate surface area is 133 Å². The van der Waals surface area contributed by atoms with Gasteiger partial charge in [0.05, 0.1) is 20.6 Å². The van der Waals surface area contributed by atoms with E-state index in [-0.39, 0.29) is 15.8 Å². The third kappa shape index (κ3) is 3.42. The number of carbonyl (C=O) groups is 1. The van der Waals surface area contributed by atoms with Gasteiger partial charge in [-0.05, 0) is 34.1 Å². The Morgan fingerprint density at radius 2 is 1.63 bits per heavy atom. The largest absolute Gasteiger partial charge is 0.421 e. The van der Waals surface area contributed by atoms with Gasteiger partial charge in [0.25, 0.3) is 0 Å². The van der Waals surface area contributed by atoms with E-state index >= 15 is 0 Å². The lowest BCUT2D eigenvalue weighted by Crippen LogP contribution is -2.09. The molecule has 6 heteroatoms. The van der Waals surface area contributed by atoms with E-state index in [0.717, 1.165) is 0 Å². The van der Waals surface area contributed by atoms with Crippen LogP contribution < -0.4 is 4.74 Å². The molecule has 0 atom stereocenters. The Morgan fingerprint density at radius 3 is 2.32 bits per heavy atom. The molecule has 0 saturated heterocycles. The number of rotatable bonds is 2. The normalized spacial score (nSPS) is 10.3. The fraction of sp³-hybridized carbons (Fsp3) is 0. The van der Waals surface area contributed by atoms with Crippen LogP contribution in [0.3, 0.4) is 0 Å². The molecule has 0 bridgehead atoms. The summed E-state index contributed by atoms with van der Waals surface area (Å²) in [7, 11) is 0. The van der Waals surface area contributed by atoms with Crippen LogP contribution in [0.5, 0.6) is 5.75 Å². The maximum absolute atomic E-state index is 12.0. The minimum atomic E-state index is -0.534. The van der Waals surface area contributed by atoms with E-state index < -0.39 is 5.97 Å². The molecule has 0 amide bonds. The number of benzene rings is 2. The van der Waals surface area contributed by atoms with Gasteiger partial charge in [0, 0.05) is 10.5 Å². The van der Waals surface area contributed by atoms with Gasteiger partial charge in [0.15, 0.2) is 5.75 Å². The SMILES string of the molecule is O=C(Oc1cc(Cl)c(Cl)cc1Cl)c1ccccc1Br. The van der Waals surface area contributed by atoms with E-state index in [9.17, 15) is 4.79 Å². The summed E-state index contributed by atoms with van der Waals surface area (Å²) in [5.41, 5.74) is 0.393. The molecule has 2 aromatic carbocycles. The third-order valence-corrected chi connectivity index (χ3v) is 3.98. The monoisotopic (exact) mass is 378 g/mol. The molecular weight excluding hydrogens is 374 g/mol. The van der Waals surface area contributed by atoms with Crippen LogP contribution in [0.4, 0.5) is 0 Å². The van der Waals surface area contributed by atoms with E-state index in [1.165, 1.54) is 12.1 Å². The number of hydrogen-bond acceptors (Lipinski definition) is 2. The Kier molecular flexibility index (Phi) is 4.74. The average Bonchev–Trinajstić information content (AvgIpc) is 2.36. The van der Waals surface area contributed by atoms with Gasteiger partial charge in [-0.25, -0.2) is 4.79 Å². The lowest BCUT2D eigenvalue weighted by atomic mass is 10.2. The average molecular weight is 380 g/mol. The molecular formula is C13H6BrCl3O2. The zero-order valence-electron chi connectivity index (χ0n) is 9.29. The molecule has 0 spiro atoms. The number of ether oxygens (including phenoxy) is 1. The van der Waals surface area contributed by atoms with Gasteiger partial charge in [0.1, 0.15) is 0 Å². The van der Waals surface area contributed by atoms with Gasteiger partial charge in [0.2, 0.25) is 0 Å². The molecule has 0 saturated carbocycles. The zero-order valence-corrected chi connectivity index (χ0v) is 13.1. The molecule has 98 valence electrons. The molecule has 0 fully saturated rings. The van der Waals surface area contributed by atoms with Gasteiger partial charge in [-0.1, -0.05) is 46.9 Å². The smallest absolute Gasteiger partial charge is 0.344 e. The summed E-state index contributed by atoms with van der Waals surface area (Å²) in [5.74, 6) is -0.371. The van der Waals surface area contributed by atoms with E-state index in [0.29, 0.717) is 15.1 Å². The first-order valence-electron chi connectivity index (χ1n) is 5.10. The highest BCUT2D eigenvalue weighted by Crippen LogP contribution is 2.34. The number of carbonyl (C=O) groups excluding carboxylic acids is 1. The molecule has 0 N–H and O–H groups in total. The van der Waals surface area contributed by atoms with Gasteiger partial charge in [-0.3, -0.25) is 0 Å².